The highest BCUT2D eigenvalue weighted by Crippen LogP contribution is 2.11. The smallest absolute Gasteiger partial charge is 0.334 e. The van der Waals surface area contributed by atoms with E-state index in [4.69, 9.17) is 10.8 Å². The number of halogens is 1. The van der Waals surface area contributed by atoms with Crippen LogP contribution in [0.1, 0.15) is 10.4 Å². The molecule has 18 heavy (non-hydrogen) atoms. The molecule has 0 aliphatic heterocycles. The van der Waals surface area contributed by atoms with Crippen LogP contribution < -0.4 is 11.1 Å². The molecular formula is C11H13FN2O4. The normalized spacial score (nSPS) is 11.9. The number of nitrogens with one attached hydrogen (secondary N) is 1. The van der Waals surface area contributed by atoms with Crippen molar-refractivity contribution in [2.45, 2.75) is 6.10 Å². The van der Waals surface area contributed by atoms with Crippen LogP contribution in [0.3, 0.4) is 0 Å². The zero-order chi connectivity index (χ0) is 13.7. The van der Waals surface area contributed by atoms with Crippen molar-refractivity contribution in [1.29, 1.82) is 0 Å². The van der Waals surface area contributed by atoms with E-state index in [1.54, 1.807) is 0 Å². The molecular weight excluding hydrogens is 243 g/mol. The molecule has 6 nitrogen and oxygen atoms in total. The molecule has 0 bridgehead atoms. The highest BCUT2D eigenvalue weighted by molar-refractivity contribution is 5.94. The monoisotopic (exact) mass is 256 g/mol. The van der Waals surface area contributed by atoms with Crippen molar-refractivity contribution in [3.63, 3.8) is 0 Å². The molecule has 1 atom stereocenters. The molecule has 7 heteroatoms. The number of aliphatic carboxylic acids is 1. The highest BCUT2D eigenvalue weighted by atomic mass is 19.1. The number of carboxylic acids is 1. The number of anilines is 1. The number of rotatable bonds is 5. The molecule has 1 amide bonds. The molecule has 0 fully saturated rings. The van der Waals surface area contributed by atoms with Crippen LogP contribution in [0.15, 0.2) is 18.2 Å². The van der Waals surface area contributed by atoms with Gasteiger partial charge in [-0.2, -0.15) is 0 Å². The summed E-state index contributed by atoms with van der Waals surface area (Å²) in [6.07, 6.45) is -1.15. The van der Waals surface area contributed by atoms with Crippen molar-refractivity contribution in [1.82, 2.24) is 5.32 Å². The second-order valence-corrected chi connectivity index (χ2v) is 3.51. The Balaban J connectivity index is 2.65. The Hall–Kier alpha value is -2.15. The van der Waals surface area contributed by atoms with Gasteiger partial charge in [-0.1, -0.05) is 0 Å². The van der Waals surface area contributed by atoms with E-state index in [0.29, 0.717) is 0 Å². The van der Waals surface area contributed by atoms with Gasteiger partial charge in [0, 0.05) is 12.7 Å². The third-order valence-corrected chi connectivity index (χ3v) is 2.27. The second-order valence-electron chi connectivity index (χ2n) is 3.51. The van der Waals surface area contributed by atoms with Gasteiger partial charge >= 0.3 is 5.97 Å². The van der Waals surface area contributed by atoms with Crippen molar-refractivity contribution in [2.75, 3.05) is 19.4 Å². The lowest BCUT2D eigenvalue weighted by molar-refractivity contribution is -0.148. The molecule has 0 radical (unpaired) electrons. The first-order chi connectivity index (χ1) is 8.45. The van der Waals surface area contributed by atoms with Crippen LogP contribution in [0.4, 0.5) is 10.1 Å². The van der Waals surface area contributed by atoms with Gasteiger partial charge in [0.2, 0.25) is 0 Å². The minimum Gasteiger partial charge on any atom is -0.479 e. The van der Waals surface area contributed by atoms with E-state index in [-0.39, 0.29) is 17.8 Å². The summed E-state index contributed by atoms with van der Waals surface area (Å²) in [6.45, 7) is -0.212. The molecule has 0 saturated heterocycles. The molecule has 0 aliphatic carbocycles. The fraction of sp³-hybridized carbons (Fsp3) is 0.273. The highest BCUT2D eigenvalue weighted by Gasteiger charge is 2.17. The molecule has 98 valence electrons. The number of ether oxygens (including phenoxy) is 1. The quantitative estimate of drug-likeness (QED) is 0.655. The van der Waals surface area contributed by atoms with Crippen LogP contribution in [0.5, 0.6) is 0 Å². The molecule has 0 heterocycles. The Morgan fingerprint density at radius 1 is 1.56 bits per heavy atom. The minimum atomic E-state index is -1.19. The molecule has 0 aliphatic rings. The molecule has 1 rings (SSSR count). The van der Waals surface area contributed by atoms with Gasteiger partial charge in [0.15, 0.2) is 6.10 Å². The van der Waals surface area contributed by atoms with E-state index < -0.39 is 23.8 Å². The predicted octanol–water partition coefficient (Wildman–Crippen LogP) is 0.237. The van der Waals surface area contributed by atoms with Gasteiger partial charge in [-0.25, -0.2) is 9.18 Å². The summed E-state index contributed by atoms with van der Waals surface area (Å²) >= 11 is 0. The van der Waals surface area contributed by atoms with E-state index in [1.807, 2.05) is 0 Å². The molecule has 1 aromatic rings. The van der Waals surface area contributed by atoms with Crippen LogP contribution in [0, 0.1) is 5.82 Å². The Kier molecular flexibility index (Phi) is 4.61. The first-order valence-electron chi connectivity index (χ1n) is 5.04. The molecule has 0 aromatic heterocycles. The Morgan fingerprint density at radius 3 is 2.72 bits per heavy atom. The third-order valence-electron chi connectivity index (χ3n) is 2.27. The SMILES string of the molecule is COC(CNC(=O)c1ccc(N)c(F)c1)C(=O)O. The number of amides is 1. The van der Waals surface area contributed by atoms with Crippen LogP contribution in [0.2, 0.25) is 0 Å². The van der Waals surface area contributed by atoms with Crippen molar-refractivity contribution >= 4 is 17.6 Å². The Labute approximate surface area is 103 Å². The summed E-state index contributed by atoms with van der Waals surface area (Å²) < 4.78 is 17.7. The average molecular weight is 256 g/mol. The van der Waals surface area contributed by atoms with Gasteiger partial charge in [0.1, 0.15) is 5.82 Å². The van der Waals surface area contributed by atoms with Gasteiger partial charge in [-0.15, -0.1) is 0 Å². The van der Waals surface area contributed by atoms with Crippen LogP contribution >= 0.6 is 0 Å². The first-order valence-corrected chi connectivity index (χ1v) is 5.04. The third kappa shape index (κ3) is 3.42. The van der Waals surface area contributed by atoms with E-state index in [2.05, 4.69) is 10.1 Å². The standard InChI is InChI=1S/C11H13FN2O4/c1-18-9(11(16)17)5-14-10(15)6-2-3-8(13)7(12)4-6/h2-4,9H,5,13H2,1H3,(H,14,15)(H,16,17). The predicted molar refractivity (Wildman–Crippen MR) is 61.6 cm³/mol. The number of carbonyl (C=O) groups excluding carboxylic acids is 1. The maximum Gasteiger partial charge on any atom is 0.334 e. The largest absolute Gasteiger partial charge is 0.479 e. The van der Waals surface area contributed by atoms with E-state index in [9.17, 15) is 14.0 Å². The summed E-state index contributed by atoms with van der Waals surface area (Å²) in [4.78, 5) is 22.2. The number of carbonyl (C=O) groups is 2. The number of nitrogen functional groups attached to an aromatic ring is 1. The molecule has 1 unspecified atom stereocenters. The number of nitrogens with two attached hydrogens (primary N) is 1. The van der Waals surface area contributed by atoms with Crippen LogP contribution in [-0.2, 0) is 9.53 Å². The fourth-order valence-corrected chi connectivity index (χ4v) is 1.23. The average Bonchev–Trinajstić information content (AvgIpc) is 2.32. The van der Waals surface area contributed by atoms with Gasteiger partial charge in [0.25, 0.3) is 5.91 Å². The molecule has 4 N–H and O–H groups in total. The van der Waals surface area contributed by atoms with Gasteiger partial charge in [0.05, 0.1) is 12.2 Å². The lowest BCUT2D eigenvalue weighted by Gasteiger charge is -2.11. The second kappa shape index (κ2) is 5.97. The number of methoxy groups -OCH3 is 1. The van der Waals surface area contributed by atoms with Crippen LogP contribution in [-0.4, -0.2) is 36.7 Å². The summed E-state index contributed by atoms with van der Waals surface area (Å²) in [6, 6.07) is 3.58. The minimum absolute atomic E-state index is 0.0574. The van der Waals surface area contributed by atoms with Gasteiger partial charge < -0.3 is 20.9 Å². The molecule has 1 aromatic carbocycles. The van der Waals surface area contributed by atoms with E-state index in [1.165, 1.54) is 19.2 Å². The van der Waals surface area contributed by atoms with Gasteiger partial charge in [-0.3, -0.25) is 4.79 Å². The topological polar surface area (TPSA) is 102 Å². The zero-order valence-corrected chi connectivity index (χ0v) is 9.64. The number of hydrogen-bond acceptors (Lipinski definition) is 4. The lowest BCUT2D eigenvalue weighted by atomic mass is 10.2. The summed E-state index contributed by atoms with van der Waals surface area (Å²) in [5.74, 6) is -2.50. The number of hydrogen-bond donors (Lipinski definition) is 3. The summed E-state index contributed by atoms with van der Waals surface area (Å²) in [5, 5.41) is 11.0. The molecule has 0 spiro atoms. The number of benzene rings is 1. The maximum atomic E-state index is 13.1. The molecule has 0 saturated carbocycles. The fourth-order valence-electron chi connectivity index (χ4n) is 1.23. The van der Waals surface area contributed by atoms with Crippen molar-refractivity contribution in [2.24, 2.45) is 0 Å². The van der Waals surface area contributed by atoms with E-state index >= 15 is 0 Å². The van der Waals surface area contributed by atoms with Crippen LogP contribution in [0.25, 0.3) is 0 Å². The maximum absolute atomic E-state index is 13.1. The van der Waals surface area contributed by atoms with Gasteiger partial charge in [-0.05, 0) is 18.2 Å². The Bertz CT molecular complexity index is 464. The lowest BCUT2D eigenvalue weighted by Crippen LogP contribution is -2.37. The summed E-state index contributed by atoms with van der Waals surface area (Å²) in [7, 11) is 1.22. The summed E-state index contributed by atoms with van der Waals surface area (Å²) in [5.41, 5.74) is 5.26. The van der Waals surface area contributed by atoms with Crippen molar-refractivity contribution in [3.8, 4) is 0 Å². The Morgan fingerprint density at radius 2 is 2.22 bits per heavy atom. The van der Waals surface area contributed by atoms with E-state index in [0.717, 1.165) is 6.07 Å². The van der Waals surface area contributed by atoms with Crippen molar-refractivity contribution < 1.29 is 23.8 Å². The first kappa shape index (κ1) is 13.9. The van der Waals surface area contributed by atoms with Crippen molar-refractivity contribution in [3.05, 3.63) is 29.6 Å². The zero-order valence-electron chi connectivity index (χ0n) is 9.64. The number of carboxylic acid groups (broad SMARTS) is 1.